The summed E-state index contributed by atoms with van der Waals surface area (Å²) in [5.41, 5.74) is 3.12. The van der Waals surface area contributed by atoms with Crippen molar-refractivity contribution in [3.63, 3.8) is 0 Å². The summed E-state index contributed by atoms with van der Waals surface area (Å²) in [6.07, 6.45) is 17.0. The topological polar surface area (TPSA) is 26.3 Å². The Balaban J connectivity index is 1.25. The predicted molar refractivity (Wildman–Crippen MR) is 149 cm³/mol. The van der Waals surface area contributed by atoms with Crippen LogP contribution in [-0.4, -0.2) is 12.1 Å². The second-order valence-corrected chi connectivity index (χ2v) is 13.9. The minimum absolute atomic E-state index is 0.0324. The van der Waals surface area contributed by atoms with Gasteiger partial charge in [0.05, 0.1) is 5.56 Å². The first-order valence-corrected chi connectivity index (χ1v) is 15.2. The molecular weight excluding hydrogens is 440 g/mol. The molecule has 0 aliphatic heterocycles. The lowest BCUT2D eigenvalue weighted by Crippen LogP contribution is -2.51. The predicted octanol–water partition coefficient (Wildman–Crippen LogP) is 9.25. The van der Waals surface area contributed by atoms with Crippen LogP contribution in [0.4, 0.5) is 0 Å². The van der Waals surface area contributed by atoms with Crippen molar-refractivity contribution in [1.29, 1.82) is 0 Å². The Bertz CT molecular complexity index is 947. The molecule has 2 nitrogen and oxygen atoms in total. The summed E-state index contributed by atoms with van der Waals surface area (Å²) in [4.78, 5) is 12.7. The Morgan fingerprint density at radius 1 is 0.972 bits per heavy atom. The fourth-order valence-electron chi connectivity index (χ4n) is 9.55. The van der Waals surface area contributed by atoms with Crippen molar-refractivity contribution in [1.82, 2.24) is 0 Å². The summed E-state index contributed by atoms with van der Waals surface area (Å²) < 4.78 is 6.00. The number of allylic oxidation sites excluding steroid dienone is 1. The Morgan fingerprint density at radius 3 is 2.50 bits per heavy atom. The molecule has 198 valence electrons. The number of ether oxygens (including phenoxy) is 1. The van der Waals surface area contributed by atoms with Crippen LogP contribution in [0.2, 0.25) is 0 Å². The lowest BCUT2D eigenvalue weighted by Gasteiger charge is -2.58. The normalized spacial score (nSPS) is 38.5. The van der Waals surface area contributed by atoms with Gasteiger partial charge in [0.25, 0.3) is 0 Å². The Morgan fingerprint density at radius 2 is 1.75 bits per heavy atom. The van der Waals surface area contributed by atoms with Crippen LogP contribution in [0, 0.1) is 46.3 Å². The Hall–Kier alpha value is -1.57. The molecule has 36 heavy (non-hydrogen) atoms. The van der Waals surface area contributed by atoms with Gasteiger partial charge in [-0.15, -0.1) is 0 Å². The second-order valence-electron chi connectivity index (χ2n) is 13.9. The molecule has 4 aliphatic rings. The molecule has 0 radical (unpaired) electrons. The van der Waals surface area contributed by atoms with Crippen LogP contribution < -0.4 is 0 Å². The number of hydrogen-bond acceptors (Lipinski definition) is 2. The molecule has 5 rings (SSSR count). The molecule has 1 aromatic carbocycles. The van der Waals surface area contributed by atoms with Gasteiger partial charge in [0, 0.05) is 6.42 Å². The van der Waals surface area contributed by atoms with Gasteiger partial charge in [0.15, 0.2) is 0 Å². The third kappa shape index (κ3) is 4.71. The number of carbonyl (C=O) groups excluding carboxylic acids is 1. The molecule has 3 saturated carbocycles. The highest BCUT2D eigenvalue weighted by Crippen LogP contribution is 2.67. The molecule has 0 heterocycles. The highest BCUT2D eigenvalue weighted by atomic mass is 16.5. The van der Waals surface area contributed by atoms with Gasteiger partial charge in [-0.1, -0.05) is 83.7 Å². The molecule has 4 aliphatic carbocycles. The summed E-state index contributed by atoms with van der Waals surface area (Å²) in [5.74, 6) is 5.03. The van der Waals surface area contributed by atoms with Gasteiger partial charge in [-0.3, -0.25) is 0 Å². The summed E-state index contributed by atoms with van der Waals surface area (Å²) >= 11 is 0. The van der Waals surface area contributed by atoms with E-state index < -0.39 is 0 Å². The maximum Gasteiger partial charge on any atom is 0.338 e. The third-order valence-corrected chi connectivity index (χ3v) is 11.5. The van der Waals surface area contributed by atoms with E-state index in [4.69, 9.17) is 4.74 Å². The summed E-state index contributed by atoms with van der Waals surface area (Å²) in [7, 11) is 0. The molecule has 2 heteroatoms. The molecule has 3 fully saturated rings. The van der Waals surface area contributed by atoms with Gasteiger partial charge >= 0.3 is 5.97 Å². The smallest absolute Gasteiger partial charge is 0.338 e. The van der Waals surface area contributed by atoms with Crippen molar-refractivity contribution < 1.29 is 9.53 Å². The van der Waals surface area contributed by atoms with Crippen LogP contribution in [-0.2, 0) is 4.74 Å². The first-order chi connectivity index (χ1) is 17.2. The van der Waals surface area contributed by atoms with Crippen LogP contribution in [0.1, 0.15) is 116 Å². The standard InChI is InChI=1S/C34H50O2/c1-23(2)10-9-11-24(3)29-16-17-30-28-15-14-26-22-27(36-32(35)25-12-7-6-8-13-25)18-20-33(26,4)31(28)19-21-34(29,30)5/h6-8,12-14,23-24,27-31H,9-11,15-22H2,1-5H3/t24-,27-,28-,29+,30+,31+,33-,34+/m0/s1. The van der Waals surface area contributed by atoms with Crippen molar-refractivity contribution in [2.45, 2.75) is 111 Å². The highest BCUT2D eigenvalue weighted by molar-refractivity contribution is 5.89. The molecule has 0 saturated heterocycles. The summed E-state index contributed by atoms with van der Waals surface area (Å²) in [6, 6.07) is 9.49. The first kappa shape index (κ1) is 26.1. The second kappa shape index (κ2) is 10.3. The van der Waals surface area contributed by atoms with Gasteiger partial charge in [-0.05, 0) is 103 Å². The maximum absolute atomic E-state index is 12.7. The van der Waals surface area contributed by atoms with E-state index in [1.54, 1.807) is 5.57 Å². The highest BCUT2D eigenvalue weighted by Gasteiger charge is 2.59. The van der Waals surface area contributed by atoms with Crippen LogP contribution in [0.25, 0.3) is 0 Å². The average molecular weight is 491 g/mol. The Labute approximate surface area is 220 Å². The number of fused-ring (bicyclic) bond motifs is 5. The lowest BCUT2D eigenvalue weighted by atomic mass is 9.47. The van der Waals surface area contributed by atoms with Crippen LogP contribution in [0.15, 0.2) is 42.0 Å². The summed E-state index contributed by atoms with van der Waals surface area (Å²) in [5, 5.41) is 0. The van der Waals surface area contributed by atoms with Crippen molar-refractivity contribution in [2.24, 2.45) is 46.3 Å². The zero-order valence-corrected chi connectivity index (χ0v) is 23.6. The number of benzene rings is 1. The van der Waals surface area contributed by atoms with E-state index >= 15 is 0 Å². The van der Waals surface area contributed by atoms with E-state index in [0.717, 1.165) is 48.3 Å². The van der Waals surface area contributed by atoms with E-state index in [0.29, 0.717) is 16.4 Å². The number of hydrogen-bond donors (Lipinski definition) is 0. The third-order valence-electron chi connectivity index (χ3n) is 11.5. The van der Waals surface area contributed by atoms with E-state index in [2.05, 4.69) is 40.7 Å². The molecule has 0 aromatic heterocycles. The van der Waals surface area contributed by atoms with Gasteiger partial charge in [0.2, 0.25) is 0 Å². The monoisotopic (exact) mass is 490 g/mol. The number of carbonyl (C=O) groups is 1. The quantitative estimate of drug-likeness (QED) is 0.281. The van der Waals surface area contributed by atoms with E-state index in [1.807, 2.05) is 30.3 Å². The van der Waals surface area contributed by atoms with Crippen molar-refractivity contribution in [2.75, 3.05) is 0 Å². The molecule has 0 bridgehead atoms. The van der Waals surface area contributed by atoms with Crippen LogP contribution >= 0.6 is 0 Å². The molecule has 8 atom stereocenters. The number of rotatable bonds is 7. The minimum Gasteiger partial charge on any atom is -0.458 e. The lowest BCUT2D eigenvalue weighted by molar-refractivity contribution is -0.0594. The van der Waals surface area contributed by atoms with E-state index in [-0.39, 0.29) is 12.1 Å². The van der Waals surface area contributed by atoms with E-state index in [1.165, 1.54) is 57.8 Å². The van der Waals surface area contributed by atoms with Crippen LogP contribution in [0.3, 0.4) is 0 Å². The Kier molecular flexibility index (Phi) is 7.45. The van der Waals surface area contributed by atoms with Crippen LogP contribution in [0.5, 0.6) is 0 Å². The van der Waals surface area contributed by atoms with Crippen molar-refractivity contribution >= 4 is 5.97 Å². The first-order valence-electron chi connectivity index (χ1n) is 15.2. The molecule has 0 spiro atoms. The zero-order chi connectivity index (χ0) is 25.5. The minimum atomic E-state index is -0.161. The largest absolute Gasteiger partial charge is 0.458 e. The maximum atomic E-state index is 12.7. The molecule has 0 N–H and O–H groups in total. The fourth-order valence-corrected chi connectivity index (χ4v) is 9.55. The summed E-state index contributed by atoms with van der Waals surface area (Å²) in [6.45, 7) is 12.6. The molecular formula is C34H50O2. The van der Waals surface area contributed by atoms with Crippen molar-refractivity contribution in [3.8, 4) is 0 Å². The van der Waals surface area contributed by atoms with Gasteiger partial charge in [0.1, 0.15) is 6.10 Å². The zero-order valence-electron chi connectivity index (χ0n) is 23.6. The SMILES string of the molecule is CC(C)CCC[C@H](C)[C@H]1CC[C@@H]2[C@@H]3CC=C4C[C@@H](OC(=O)c5ccccc5)CC[C@]4(C)[C@@H]3CC[C@@]21C. The van der Waals surface area contributed by atoms with Gasteiger partial charge < -0.3 is 4.74 Å². The average Bonchev–Trinajstić information content (AvgIpc) is 3.22. The van der Waals surface area contributed by atoms with E-state index in [9.17, 15) is 4.79 Å². The fraction of sp³-hybridized carbons (Fsp3) is 0.735. The molecule has 0 amide bonds. The number of esters is 1. The molecule has 1 aromatic rings. The molecule has 0 unspecified atom stereocenters. The van der Waals surface area contributed by atoms with Crippen molar-refractivity contribution in [3.05, 3.63) is 47.5 Å². The van der Waals surface area contributed by atoms with Gasteiger partial charge in [-0.2, -0.15) is 0 Å². The van der Waals surface area contributed by atoms with Gasteiger partial charge in [-0.25, -0.2) is 4.79 Å².